The highest BCUT2D eigenvalue weighted by atomic mass is 16.5. The van der Waals surface area contributed by atoms with Crippen molar-refractivity contribution in [2.24, 2.45) is 0 Å². The maximum atomic E-state index is 11.7. The van der Waals surface area contributed by atoms with Crippen molar-refractivity contribution in [2.45, 2.75) is 77.0 Å². The summed E-state index contributed by atoms with van der Waals surface area (Å²) < 4.78 is 5.17. The molecule has 0 aliphatic heterocycles. The molecule has 0 bridgehead atoms. The number of aromatic hydroxyl groups is 1. The molecule has 0 amide bonds. The molecule has 0 aliphatic rings. The SMILES string of the molecule is O=C(O)CCCCCCCCCCCCC(=O)Oc1cccc(O)c1. The van der Waals surface area contributed by atoms with Crippen LogP contribution in [0.4, 0.5) is 0 Å². The molecule has 2 N–H and O–H groups in total. The summed E-state index contributed by atoms with van der Waals surface area (Å²) >= 11 is 0. The molecular formula is C20H30O5. The molecule has 1 rings (SSSR count). The van der Waals surface area contributed by atoms with Crippen molar-refractivity contribution < 1.29 is 24.5 Å². The lowest BCUT2D eigenvalue weighted by Gasteiger charge is -2.05. The number of ether oxygens (including phenoxy) is 1. The lowest BCUT2D eigenvalue weighted by atomic mass is 10.1. The summed E-state index contributed by atoms with van der Waals surface area (Å²) in [6.45, 7) is 0. The molecule has 140 valence electrons. The number of carbonyl (C=O) groups is 2. The van der Waals surface area contributed by atoms with Gasteiger partial charge in [-0.05, 0) is 25.0 Å². The van der Waals surface area contributed by atoms with E-state index in [9.17, 15) is 14.7 Å². The number of phenols is 1. The second-order valence-electron chi connectivity index (χ2n) is 6.40. The normalized spacial score (nSPS) is 10.6. The molecule has 1 aromatic rings. The van der Waals surface area contributed by atoms with Gasteiger partial charge < -0.3 is 14.9 Å². The number of rotatable bonds is 14. The molecule has 0 radical (unpaired) electrons. The Morgan fingerprint density at radius 2 is 1.32 bits per heavy atom. The van der Waals surface area contributed by atoms with Crippen LogP contribution in [-0.2, 0) is 9.59 Å². The quantitative estimate of drug-likeness (QED) is 0.278. The second-order valence-corrected chi connectivity index (χ2v) is 6.40. The van der Waals surface area contributed by atoms with Crippen LogP contribution >= 0.6 is 0 Å². The van der Waals surface area contributed by atoms with Crippen molar-refractivity contribution in [2.75, 3.05) is 0 Å². The van der Waals surface area contributed by atoms with Gasteiger partial charge in [0, 0.05) is 18.9 Å². The van der Waals surface area contributed by atoms with E-state index in [1.54, 1.807) is 12.1 Å². The largest absolute Gasteiger partial charge is 0.508 e. The van der Waals surface area contributed by atoms with E-state index in [0.29, 0.717) is 12.2 Å². The molecule has 0 fully saturated rings. The van der Waals surface area contributed by atoms with Gasteiger partial charge in [0.15, 0.2) is 0 Å². The zero-order chi connectivity index (χ0) is 18.3. The van der Waals surface area contributed by atoms with E-state index in [0.717, 1.165) is 38.5 Å². The summed E-state index contributed by atoms with van der Waals surface area (Å²) in [5, 5.41) is 17.8. The lowest BCUT2D eigenvalue weighted by Crippen LogP contribution is -2.07. The Morgan fingerprint density at radius 1 is 0.800 bits per heavy atom. The Labute approximate surface area is 150 Å². The second kappa shape index (κ2) is 13.3. The van der Waals surface area contributed by atoms with Crippen LogP contribution in [0.25, 0.3) is 0 Å². The van der Waals surface area contributed by atoms with Gasteiger partial charge in [0.1, 0.15) is 11.5 Å². The van der Waals surface area contributed by atoms with E-state index < -0.39 is 5.97 Å². The van der Waals surface area contributed by atoms with E-state index in [1.165, 1.54) is 37.8 Å². The van der Waals surface area contributed by atoms with Crippen LogP contribution in [-0.4, -0.2) is 22.2 Å². The number of benzene rings is 1. The molecule has 0 spiro atoms. The van der Waals surface area contributed by atoms with Crippen LogP contribution in [0.2, 0.25) is 0 Å². The summed E-state index contributed by atoms with van der Waals surface area (Å²) in [7, 11) is 0. The topological polar surface area (TPSA) is 83.8 Å². The average molecular weight is 350 g/mol. The summed E-state index contributed by atoms with van der Waals surface area (Å²) in [5.41, 5.74) is 0. The first-order chi connectivity index (χ1) is 12.1. The highest BCUT2D eigenvalue weighted by Crippen LogP contribution is 2.18. The van der Waals surface area contributed by atoms with E-state index >= 15 is 0 Å². The summed E-state index contributed by atoms with van der Waals surface area (Å²) in [6, 6.07) is 6.26. The minimum absolute atomic E-state index is 0.0900. The van der Waals surface area contributed by atoms with Crippen LogP contribution in [0, 0.1) is 0 Å². The van der Waals surface area contributed by atoms with Gasteiger partial charge in [-0.3, -0.25) is 9.59 Å². The molecule has 25 heavy (non-hydrogen) atoms. The minimum Gasteiger partial charge on any atom is -0.508 e. The van der Waals surface area contributed by atoms with Crippen LogP contribution in [0.1, 0.15) is 77.0 Å². The lowest BCUT2D eigenvalue weighted by molar-refractivity contribution is -0.137. The third-order valence-corrected chi connectivity index (χ3v) is 4.07. The van der Waals surface area contributed by atoms with E-state index in [4.69, 9.17) is 9.84 Å². The molecule has 5 heteroatoms. The molecule has 0 aromatic heterocycles. The zero-order valence-corrected chi connectivity index (χ0v) is 14.9. The number of unbranched alkanes of at least 4 members (excludes halogenated alkanes) is 9. The molecule has 0 saturated heterocycles. The third kappa shape index (κ3) is 12.0. The molecule has 0 atom stereocenters. The monoisotopic (exact) mass is 350 g/mol. The Hall–Kier alpha value is -2.04. The molecule has 0 saturated carbocycles. The third-order valence-electron chi connectivity index (χ3n) is 4.07. The van der Waals surface area contributed by atoms with Crippen molar-refractivity contribution >= 4 is 11.9 Å². The summed E-state index contributed by atoms with van der Waals surface area (Å²) in [4.78, 5) is 22.1. The van der Waals surface area contributed by atoms with Gasteiger partial charge in [-0.15, -0.1) is 0 Å². The Kier molecular flexibility index (Phi) is 11.2. The van der Waals surface area contributed by atoms with Crippen molar-refractivity contribution in [3.8, 4) is 11.5 Å². The van der Waals surface area contributed by atoms with Crippen molar-refractivity contribution in [1.29, 1.82) is 0 Å². The maximum Gasteiger partial charge on any atom is 0.311 e. The number of phenolic OH excluding ortho intramolecular Hbond substituents is 1. The van der Waals surface area contributed by atoms with Crippen molar-refractivity contribution in [3.05, 3.63) is 24.3 Å². The average Bonchev–Trinajstić information content (AvgIpc) is 2.55. The molecular weight excluding hydrogens is 320 g/mol. The zero-order valence-electron chi connectivity index (χ0n) is 14.9. The molecule has 0 heterocycles. The van der Waals surface area contributed by atoms with Gasteiger partial charge in [-0.1, -0.05) is 57.4 Å². The maximum absolute atomic E-state index is 11.7. The van der Waals surface area contributed by atoms with Crippen LogP contribution < -0.4 is 4.74 Å². The molecule has 5 nitrogen and oxygen atoms in total. The molecule has 1 aromatic carbocycles. The standard InChI is InChI=1S/C20H30O5/c21-17-12-11-13-18(16-17)25-20(24)15-10-8-6-4-2-1-3-5-7-9-14-19(22)23/h11-13,16,21H,1-10,14-15H2,(H,22,23). The summed E-state index contributed by atoms with van der Waals surface area (Å²) in [6.07, 6.45) is 11.3. The van der Waals surface area contributed by atoms with Gasteiger partial charge in [0.2, 0.25) is 0 Å². The Morgan fingerprint density at radius 3 is 1.84 bits per heavy atom. The van der Waals surface area contributed by atoms with Crippen LogP contribution in [0.15, 0.2) is 24.3 Å². The van der Waals surface area contributed by atoms with E-state index in [-0.39, 0.29) is 18.1 Å². The first-order valence-corrected chi connectivity index (χ1v) is 9.29. The smallest absolute Gasteiger partial charge is 0.311 e. The number of hydrogen-bond donors (Lipinski definition) is 2. The fraction of sp³-hybridized carbons (Fsp3) is 0.600. The molecule has 0 unspecified atom stereocenters. The highest BCUT2D eigenvalue weighted by molar-refractivity contribution is 5.72. The number of carboxylic acids is 1. The Balaban J connectivity index is 1.88. The number of hydrogen-bond acceptors (Lipinski definition) is 4. The summed E-state index contributed by atoms with van der Waals surface area (Å²) in [5.74, 6) is -0.488. The number of carboxylic acid groups (broad SMARTS) is 1. The van der Waals surface area contributed by atoms with Crippen molar-refractivity contribution in [1.82, 2.24) is 0 Å². The first-order valence-electron chi connectivity index (χ1n) is 9.29. The predicted molar refractivity (Wildman–Crippen MR) is 96.8 cm³/mol. The van der Waals surface area contributed by atoms with Crippen LogP contribution in [0.3, 0.4) is 0 Å². The van der Waals surface area contributed by atoms with E-state index in [2.05, 4.69) is 0 Å². The molecule has 0 aliphatic carbocycles. The number of carbonyl (C=O) groups excluding carboxylic acids is 1. The van der Waals surface area contributed by atoms with Crippen molar-refractivity contribution in [3.63, 3.8) is 0 Å². The van der Waals surface area contributed by atoms with Crippen LogP contribution in [0.5, 0.6) is 11.5 Å². The number of esters is 1. The first kappa shape index (κ1) is 21.0. The number of aliphatic carboxylic acids is 1. The fourth-order valence-corrected chi connectivity index (χ4v) is 2.69. The van der Waals surface area contributed by atoms with Gasteiger partial charge in [0.25, 0.3) is 0 Å². The minimum atomic E-state index is -0.703. The predicted octanol–water partition coefficient (Wildman–Crippen LogP) is 5.06. The van der Waals surface area contributed by atoms with Gasteiger partial charge in [-0.2, -0.15) is 0 Å². The highest BCUT2D eigenvalue weighted by Gasteiger charge is 2.05. The van der Waals surface area contributed by atoms with Gasteiger partial charge in [0.05, 0.1) is 0 Å². The fourth-order valence-electron chi connectivity index (χ4n) is 2.69. The van der Waals surface area contributed by atoms with Gasteiger partial charge in [-0.25, -0.2) is 0 Å². The Bertz CT molecular complexity index is 513. The van der Waals surface area contributed by atoms with E-state index in [1.807, 2.05) is 0 Å². The van der Waals surface area contributed by atoms with Gasteiger partial charge >= 0.3 is 11.9 Å².